The second-order valence-electron chi connectivity index (χ2n) is 7.45. The highest BCUT2D eigenvalue weighted by Crippen LogP contribution is 2.43. The number of hydrogen-bond donors (Lipinski definition) is 2. The third-order valence-corrected chi connectivity index (χ3v) is 6.65. The summed E-state index contributed by atoms with van der Waals surface area (Å²) in [5.74, 6) is 0. The maximum absolute atomic E-state index is 9.19. The van der Waals surface area contributed by atoms with E-state index < -0.39 is 10.1 Å². The largest absolute Gasteiger partial charge is 0.395 e. The first-order chi connectivity index (χ1) is 14.2. The van der Waals surface area contributed by atoms with Crippen molar-refractivity contribution >= 4 is 33.5 Å². The number of hydrogen-bond acceptors (Lipinski definition) is 6. The van der Waals surface area contributed by atoms with Crippen LogP contribution in [0.4, 0.5) is 0 Å². The molecule has 2 aromatic rings. The number of aliphatic hydroxyl groups excluding tert-OH is 1. The van der Waals surface area contributed by atoms with Crippen LogP contribution in [0.1, 0.15) is 17.2 Å². The Balaban J connectivity index is 0.000000461. The number of aliphatic hydroxyl groups is 1. The first-order valence-electron chi connectivity index (χ1n) is 9.79. The fourth-order valence-corrected chi connectivity index (χ4v) is 5.14. The maximum Gasteiger partial charge on any atom is 0.261 e. The number of rotatable bonds is 3. The van der Waals surface area contributed by atoms with Gasteiger partial charge in [-0.3, -0.25) is 14.4 Å². The quantitative estimate of drug-likeness (QED) is 0.666. The number of β-amino-alcohol motifs (C(OH)–C–C–N with tert-alkyl or cyclic N) is 1. The maximum atomic E-state index is 9.19. The summed E-state index contributed by atoms with van der Waals surface area (Å²) in [6, 6.07) is 15.4. The van der Waals surface area contributed by atoms with Gasteiger partial charge in [-0.05, 0) is 41.8 Å². The molecule has 1 saturated heterocycles. The summed E-state index contributed by atoms with van der Waals surface area (Å²) in [4.78, 5) is 7.60. The molecule has 2 aliphatic rings. The molecule has 0 bridgehead atoms. The first kappa shape index (κ1) is 23.5. The minimum Gasteiger partial charge on any atom is -0.395 e. The van der Waals surface area contributed by atoms with Crippen molar-refractivity contribution in [2.24, 2.45) is 0 Å². The van der Waals surface area contributed by atoms with Gasteiger partial charge in [0, 0.05) is 53.6 Å². The summed E-state index contributed by atoms with van der Waals surface area (Å²) < 4.78 is 25.9. The summed E-state index contributed by atoms with van der Waals surface area (Å²) in [7, 11) is -3.67. The summed E-state index contributed by atoms with van der Waals surface area (Å²) in [6.07, 6.45) is 1.74. The number of benzene rings is 2. The monoisotopic (exact) mass is 470 g/mol. The fraction of sp³-hybridized carbons (Fsp3) is 0.429. The van der Waals surface area contributed by atoms with Crippen LogP contribution in [0.25, 0.3) is 0 Å². The first-order valence-corrected chi connectivity index (χ1v) is 12.8. The van der Waals surface area contributed by atoms with E-state index >= 15 is 0 Å². The molecule has 2 aliphatic heterocycles. The molecule has 0 saturated carbocycles. The lowest BCUT2D eigenvalue weighted by Crippen LogP contribution is -2.48. The second-order valence-corrected chi connectivity index (χ2v) is 10.4. The fourth-order valence-electron chi connectivity index (χ4n) is 3.85. The molecule has 1 atom stereocenters. The molecule has 30 heavy (non-hydrogen) atoms. The van der Waals surface area contributed by atoms with Gasteiger partial charge in [0.15, 0.2) is 0 Å². The molecule has 1 unspecified atom stereocenters. The van der Waals surface area contributed by atoms with E-state index in [4.69, 9.17) is 21.3 Å². The average molecular weight is 471 g/mol. The van der Waals surface area contributed by atoms with Gasteiger partial charge in [0.1, 0.15) is 0 Å². The zero-order chi connectivity index (χ0) is 21.7. The molecule has 2 heterocycles. The molecular weight excluding hydrogens is 444 g/mol. The zero-order valence-electron chi connectivity index (χ0n) is 16.9. The van der Waals surface area contributed by atoms with Gasteiger partial charge in [0.05, 0.1) is 12.9 Å². The topological polar surface area (TPSA) is 81.1 Å². The van der Waals surface area contributed by atoms with Gasteiger partial charge in [-0.1, -0.05) is 41.6 Å². The van der Waals surface area contributed by atoms with E-state index in [-0.39, 0.29) is 6.61 Å². The number of nitrogens with zero attached hydrogens (tertiary/aromatic N) is 2. The van der Waals surface area contributed by atoms with Crippen LogP contribution in [-0.4, -0.2) is 73.5 Å². The number of halogens is 1. The molecule has 0 radical (unpaired) electrons. The van der Waals surface area contributed by atoms with E-state index in [0.717, 1.165) is 44.2 Å². The molecule has 1 fully saturated rings. The van der Waals surface area contributed by atoms with Gasteiger partial charge in [-0.2, -0.15) is 8.42 Å². The summed E-state index contributed by atoms with van der Waals surface area (Å²) in [5, 5.41) is 9.98. The molecule has 2 aromatic carbocycles. The van der Waals surface area contributed by atoms with Crippen molar-refractivity contribution in [2.45, 2.75) is 22.3 Å². The van der Waals surface area contributed by atoms with Crippen LogP contribution in [0, 0.1) is 0 Å². The SMILES string of the molecule is CS(=O)(=O)O.OCCN1CCN(C2Cc3ccccc3Sc3ccc(Cl)cc32)CC1. The van der Waals surface area contributed by atoms with Crippen molar-refractivity contribution in [3.63, 3.8) is 0 Å². The highest BCUT2D eigenvalue weighted by Gasteiger charge is 2.29. The third-order valence-electron chi connectivity index (χ3n) is 5.20. The van der Waals surface area contributed by atoms with Crippen LogP contribution < -0.4 is 0 Å². The Morgan fingerprint density at radius 3 is 2.43 bits per heavy atom. The van der Waals surface area contributed by atoms with Crippen LogP contribution in [-0.2, 0) is 16.5 Å². The Kier molecular flexibility index (Phi) is 8.20. The van der Waals surface area contributed by atoms with Gasteiger partial charge in [0.25, 0.3) is 10.1 Å². The lowest BCUT2D eigenvalue weighted by atomic mass is 9.96. The number of piperazine rings is 1. The predicted molar refractivity (Wildman–Crippen MR) is 121 cm³/mol. The van der Waals surface area contributed by atoms with Crippen molar-refractivity contribution in [2.75, 3.05) is 45.6 Å². The van der Waals surface area contributed by atoms with Gasteiger partial charge >= 0.3 is 0 Å². The Morgan fingerprint density at radius 1 is 1.10 bits per heavy atom. The highest BCUT2D eigenvalue weighted by molar-refractivity contribution is 7.99. The lowest BCUT2D eigenvalue weighted by Gasteiger charge is -2.39. The van der Waals surface area contributed by atoms with Crippen LogP contribution in [0.15, 0.2) is 52.3 Å². The summed E-state index contributed by atoms with van der Waals surface area (Å²) in [6.45, 7) is 5.11. The zero-order valence-corrected chi connectivity index (χ0v) is 19.3. The molecule has 0 amide bonds. The van der Waals surface area contributed by atoms with E-state index in [1.165, 1.54) is 20.9 Å². The van der Waals surface area contributed by atoms with Crippen LogP contribution in [0.5, 0.6) is 0 Å². The van der Waals surface area contributed by atoms with E-state index in [2.05, 4.69) is 46.2 Å². The molecule has 6 nitrogen and oxygen atoms in total. The normalized spacial score (nSPS) is 19.8. The van der Waals surface area contributed by atoms with E-state index in [1.54, 1.807) is 0 Å². The molecule has 0 aliphatic carbocycles. The molecule has 4 rings (SSSR count). The van der Waals surface area contributed by atoms with E-state index in [1.807, 2.05) is 17.8 Å². The van der Waals surface area contributed by atoms with E-state index in [0.29, 0.717) is 12.3 Å². The Bertz CT molecular complexity index is 955. The summed E-state index contributed by atoms with van der Waals surface area (Å²) in [5.41, 5.74) is 2.77. The standard InChI is InChI=1S/C20H23ClN2OS.CH4O3S/c21-16-5-6-20-17(14-16)18(13-15-3-1-2-4-19(15)25-20)23-9-7-22(8-10-23)11-12-24;1-5(2,3)4/h1-6,14,18,24H,7-13H2;1H3,(H,2,3,4). The van der Waals surface area contributed by atoms with Crippen molar-refractivity contribution in [3.8, 4) is 0 Å². The Hall–Kier alpha value is -1.13. The molecule has 0 aromatic heterocycles. The summed E-state index contributed by atoms with van der Waals surface area (Å²) >= 11 is 8.21. The van der Waals surface area contributed by atoms with Gasteiger partial charge in [-0.15, -0.1) is 0 Å². The van der Waals surface area contributed by atoms with Crippen LogP contribution >= 0.6 is 23.4 Å². The highest BCUT2D eigenvalue weighted by atomic mass is 35.5. The number of fused-ring (bicyclic) bond motifs is 2. The smallest absolute Gasteiger partial charge is 0.261 e. The van der Waals surface area contributed by atoms with E-state index in [9.17, 15) is 8.42 Å². The van der Waals surface area contributed by atoms with Crippen molar-refractivity contribution in [1.82, 2.24) is 9.80 Å². The Morgan fingerprint density at radius 2 is 1.77 bits per heavy atom. The minimum absolute atomic E-state index is 0.242. The van der Waals surface area contributed by atoms with Crippen molar-refractivity contribution < 1.29 is 18.1 Å². The molecule has 2 N–H and O–H groups in total. The minimum atomic E-state index is -3.67. The van der Waals surface area contributed by atoms with Gasteiger partial charge < -0.3 is 5.11 Å². The predicted octanol–water partition coefficient (Wildman–Crippen LogP) is 3.20. The molecule has 0 spiro atoms. The molecule has 164 valence electrons. The average Bonchev–Trinajstić information content (AvgIpc) is 2.84. The van der Waals surface area contributed by atoms with Gasteiger partial charge in [-0.25, -0.2) is 0 Å². The van der Waals surface area contributed by atoms with Crippen LogP contribution in [0.2, 0.25) is 5.02 Å². The molecular formula is C21H27ClN2O4S2. The molecule has 9 heteroatoms. The second kappa shape index (κ2) is 10.5. The lowest BCUT2D eigenvalue weighted by molar-refractivity contribution is 0.0823. The Labute approximate surface area is 187 Å². The van der Waals surface area contributed by atoms with Crippen LogP contribution in [0.3, 0.4) is 0 Å². The van der Waals surface area contributed by atoms with Crippen molar-refractivity contribution in [1.29, 1.82) is 0 Å². The van der Waals surface area contributed by atoms with Crippen molar-refractivity contribution in [3.05, 3.63) is 58.6 Å². The third kappa shape index (κ3) is 6.68. The van der Waals surface area contributed by atoms with Gasteiger partial charge in [0.2, 0.25) is 0 Å².